The van der Waals surface area contributed by atoms with Crippen molar-refractivity contribution in [3.8, 4) is 23.5 Å². The van der Waals surface area contributed by atoms with E-state index in [1.165, 1.54) is 19.1 Å². The molecule has 3 rings (SSSR count). The predicted octanol–water partition coefficient (Wildman–Crippen LogP) is 1.71. The average Bonchev–Trinajstić information content (AvgIpc) is 2.70. The van der Waals surface area contributed by atoms with E-state index in [-0.39, 0.29) is 32.1 Å². The Hall–Kier alpha value is -3.11. The Balaban J connectivity index is 2.03. The maximum atomic E-state index is 12.1. The van der Waals surface area contributed by atoms with Crippen molar-refractivity contribution < 1.29 is 8.85 Å². The number of benzene rings is 1. The first-order chi connectivity index (χ1) is 14.9. The lowest BCUT2D eigenvalue weighted by atomic mass is 10.1. The van der Waals surface area contributed by atoms with Gasteiger partial charge in [-0.25, -0.2) is 9.89 Å². The third-order valence-corrected chi connectivity index (χ3v) is 4.64. The Morgan fingerprint density at radius 3 is 2.59 bits per heavy atom. The number of hydrogen-bond donors (Lipinski definition) is 2. The molecule has 1 unspecified atom stereocenters. The van der Waals surface area contributed by atoms with Gasteiger partial charge in [0.15, 0.2) is 5.75 Å². The minimum Gasteiger partial charge on any atom is -0.421 e. The molecule has 13 heteroatoms. The highest BCUT2D eigenvalue weighted by atomic mass is 79.9. The standard InChI is InChI=1S/C16H11Br2N7O4/c1-6(2)11-14(27)22-23-15(20-11)29-12-8(17)3-7(4-9(12)18)25-16(28)21-13(26)10(5-19)24-25/h3-4,6H,1-2H3,(H,22,27)(H,21,26,28)/i1D3. The molecule has 0 aliphatic rings. The van der Waals surface area contributed by atoms with E-state index in [1.807, 2.05) is 4.98 Å². The van der Waals surface area contributed by atoms with Crippen LogP contribution in [0.25, 0.3) is 5.69 Å². The molecule has 1 atom stereocenters. The topological polar surface area (TPSA) is 159 Å². The Kier molecular flexibility index (Phi) is 4.69. The lowest BCUT2D eigenvalue weighted by molar-refractivity contribution is 0.422. The third kappa shape index (κ3) is 4.17. The molecule has 0 saturated heterocycles. The molecule has 0 spiro atoms. The summed E-state index contributed by atoms with van der Waals surface area (Å²) in [6, 6.07) is 4.08. The fourth-order valence-electron chi connectivity index (χ4n) is 2.18. The van der Waals surface area contributed by atoms with Crippen LogP contribution in [-0.4, -0.2) is 29.9 Å². The van der Waals surface area contributed by atoms with Crippen LogP contribution in [0, 0.1) is 11.3 Å². The van der Waals surface area contributed by atoms with Gasteiger partial charge in [0.1, 0.15) is 11.8 Å². The van der Waals surface area contributed by atoms with Crippen LogP contribution in [0.1, 0.15) is 35.2 Å². The van der Waals surface area contributed by atoms with E-state index in [2.05, 4.69) is 52.1 Å². The second kappa shape index (κ2) is 8.10. The highest BCUT2D eigenvalue weighted by molar-refractivity contribution is 9.11. The monoisotopic (exact) mass is 526 g/mol. The van der Waals surface area contributed by atoms with Gasteiger partial charge in [0.05, 0.1) is 14.6 Å². The molecule has 0 bridgehead atoms. The van der Waals surface area contributed by atoms with E-state index in [0.717, 1.165) is 4.68 Å². The fraction of sp³-hybridized carbons (Fsp3) is 0.188. The average molecular weight is 528 g/mol. The number of H-pyrrole nitrogens is 2. The van der Waals surface area contributed by atoms with Crippen molar-refractivity contribution >= 4 is 31.9 Å². The summed E-state index contributed by atoms with van der Waals surface area (Å²) in [5.74, 6) is -1.04. The lowest BCUT2D eigenvalue weighted by Crippen LogP contribution is -2.33. The molecule has 2 aromatic heterocycles. The lowest BCUT2D eigenvalue weighted by Gasteiger charge is -2.12. The minimum atomic E-state index is -2.46. The number of rotatable bonds is 4. The zero-order chi connectivity index (χ0) is 23.8. The van der Waals surface area contributed by atoms with Crippen LogP contribution in [0.5, 0.6) is 11.8 Å². The van der Waals surface area contributed by atoms with Gasteiger partial charge in [0.25, 0.3) is 11.1 Å². The van der Waals surface area contributed by atoms with Crippen LogP contribution in [0.4, 0.5) is 0 Å². The highest BCUT2D eigenvalue weighted by Gasteiger charge is 2.17. The van der Waals surface area contributed by atoms with Gasteiger partial charge >= 0.3 is 11.7 Å². The number of hydrogen-bond acceptors (Lipinski definition) is 8. The first-order valence-electron chi connectivity index (χ1n) is 9.20. The maximum Gasteiger partial charge on any atom is 0.349 e. The quantitative estimate of drug-likeness (QED) is 0.518. The minimum absolute atomic E-state index is 0.131. The number of nitrogens with one attached hydrogen (secondary N) is 2. The molecule has 0 aliphatic carbocycles. The smallest absolute Gasteiger partial charge is 0.349 e. The van der Waals surface area contributed by atoms with Crippen molar-refractivity contribution in [2.24, 2.45) is 0 Å². The third-order valence-electron chi connectivity index (χ3n) is 3.47. The molecule has 0 aliphatic heterocycles. The summed E-state index contributed by atoms with van der Waals surface area (Å²) in [4.78, 5) is 41.5. The van der Waals surface area contributed by atoms with Gasteiger partial charge < -0.3 is 4.74 Å². The van der Waals surface area contributed by atoms with Crippen LogP contribution in [0.3, 0.4) is 0 Å². The zero-order valence-electron chi connectivity index (χ0n) is 17.4. The largest absolute Gasteiger partial charge is 0.421 e. The predicted molar refractivity (Wildman–Crippen MR) is 107 cm³/mol. The van der Waals surface area contributed by atoms with Gasteiger partial charge in [-0.3, -0.25) is 14.6 Å². The number of nitrogens with zero attached hydrogens (tertiary/aromatic N) is 5. The van der Waals surface area contributed by atoms with Crippen LogP contribution in [0.15, 0.2) is 35.5 Å². The van der Waals surface area contributed by atoms with Crippen LogP contribution in [0.2, 0.25) is 0 Å². The van der Waals surface area contributed by atoms with Gasteiger partial charge in [-0.1, -0.05) is 13.8 Å². The number of aromatic nitrogens is 6. The maximum absolute atomic E-state index is 12.1. The van der Waals surface area contributed by atoms with Gasteiger partial charge in [-0.2, -0.15) is 14.9 Å². The van der Waals surface area contributed by atoms with Gasteiger partial charge in [0, 0.05) is 10.0 Å². The molecule has 0 saturated carbocycles. The molecule has 0 amide bonds. The zero-order valence-corrected chi connectivity index (χ0v) is 17.5. The van der Waals surface area contributed by atoms with Crippen LogP contribution >= 0.6 is 31.9 Å². The van der Waals surface area contributed by atoms with E-state index >= 15 is 0 Å². The molecule has 0 radical (unpaired) electrons. The second-order valence-electron chi connectivity index (χ2n) is 5.53. The molecule has 3 aromatic rings. The van der Waals surface area contributed by atoms with Gasteiger partial charge in [-0.05, 0) is 44.0 Å². The second-order valence-corrected chi connectivity index (χ2v) is 7.23. The molecule has 2 heterocycles. The highest BCUT2D eigenvalue weighted by Crippen LogP contribution is 2.37. The van der Waals surface area contributed by atoms with Crippen molar-refractivity contribution in [1.82, 2.24) is 29.9 Å². The van der Waals surface area contributed by atoms with Crippen LogP contribution < -0.4 is 21.5 Å². The molecule has 1 aromatic carbocycles. The first kappa shape index (κ1) is 16.8. The number of halogens is 2. The molecule has 11 nitrogen and oxygen atoms in total. The summed E-state index contributed by atoms with van der Waals surface area (Å²) < 4.78 is 29.4. The Morgan fingerprint density at radius 2 is 1.97 bits per heavy atom. The number of aromatic amines is 2. The summed E-state index contributed by atoms with van der Waals surface area (Å²) in [5.41, 5.74) is -3.14. The van der Waals surface area contributed by atoms with Crippen molar-refractivity contribution in [1.29, 1.82) is 5.26 Å². The van der Waals surface area contributed by atoms with Crippen molar-refractivity contribution in [2.45, 2.75) is 19.7 Å². The van der Waals surface area contributed by atoms with E-state index < -0.39 is 35.3 Å². The van der Waals surface area contributed by atoms with Crippen molar-refractivity contribution in [3.63, 3.8) is 0 Å². The molecule has 2 N–H and O–H groups in total. The van der Waals surface area contributed by atoms with Gasteiger partial charge in [0.2, 0.25) is 5.69 Å². The molecular formula is C16H11Br2N7O4. The molecule has 29 heavy (non-hydrogen) atoms. The normalized spacial score (nSPS) is 13.7. The van der Waals surface area contributed by atoms with E-state index in [9.17, 15) is 14.4 Å². The summed E-state index contributed by atoms with van der Waals surface area (Å²) in [5, 5.41) is 18.5. The van der Waals surface area contributed by atoms with Crippen LogP contribution in [-0.2, 0) is 0 Å². The van der Waals surface area contributed by atoms with E-state index in [1.54, 1.807) is 6.07 Å². The molecule has 148 valence electrons. The summed E-state index contributed by atoms with van der Waals surface area (Å²) >= 11 is 6.54. The van der Waals surface area contributed by atoms with E-state index in [0.29, 0.717) is 0 Å². The van der Waals surface area contributed by atoms with Gasteiger partial charge in [-0.15, -0.1) is 10.2 Å². The van der Waals surface area contributed by atoms with Crippen molar-refractivity contribution in [3.05, 3.63) is 63.7 Å². The number of nitriles is 1. The summed E-state index contributed by atoms with van der Waals surface area (Å²) in [6.07, 6.45) is 0. The first-order valence-corrected chi connectivity index (χ1v) is 9.28. The SMILES string of the molecule is [2H]C([2H])([2H])C(C)c1nc(Oc2c(Br)cc(-n3nc(C#N)c(=O)[nH]c3=O)cc2Br)n[nH]c1=O. The Bertz CT molecular complexity index is 1400. The fourth-order valence-corrected chi connectivity index (χ4v) is 3.50. The number of ether oxygens (including phenoxy) is 1. The van der Waals surface area contributed by atoms with Crippen molar-refractivity contribution in [2.75, 3.05) is 0 Å². The Labute approximate surface area is 182 Å². The summed E-state index contributed by atoms with van der Waals surface area (Å²) in [6.45, 7) is -1.12. The molecule has 0 fully saturated rings. The summed E-state index contributed by atoms with van der Waals surface area (Å²) in [7, 11) is 0. The Morgan fingerprint density at radius 1 is 1.28 bits per heavy atom. The van der Waals surface area contributed by atoms with E-state index in [4.69, 9.17) is 14.1 Å². The molecular weight excluding hydrogens is 514 g/mol.